The van der Waals surface area contributed by atoms with Gasteiger partial charge in [0, 0.05) is 23.8 Å². The van der Waals surface area contributed by atoms with Crippen molar-refractivity contribution in [3.63, 3.8) is 0 Å². The third-order valence-electron chi connectivity index (χ3n) is 2.78. The van der Waals surface area contributed by atoms with Crippen molar-refractivity contribution in [2.45, 2.75) is 18.9 Å². The van der Waals surface area contributed by atoms with Crippen molar-refractivity contribution in [3.8, 4) is 0 Å². The molecule has 0 saturated carbocycles. The average molecular weight is 255 g/mol. The van der Waals surface area contributed by atoms with Gasteiger partial charge in [0.1, 0.15) is 0 Å². The first-order valence-electron chi connectivity index (χ1n) is 5.65. The molecule has 5 heteroatoms. The molecule has 92 valence electrons. The Balaban J connectivity index is 1.94. The van der Waals surface area contributed by atoms with Crippen molar-refractivity contribution in [1.82, 2.24) is 4.90 Å². The number of β-amino-alcohol motifs (C(OH)–C–C–N with tert-alkyl or cyclic N) is 1. The maximum atomic E-state index is 11.9. The Morgan fingerprint density at radius 3 is 2.76 bits per heavy atom. The number of likely N-dealkylation sites (tertiary alicyclic amines) is 1. The summed E-state index contributed by atoms with van der Waals surface area (Å²) in [4.78, 5) is 13.5. The fourth-order valence-electron chi connectivity index (χ4n) is 1.87. The van der Waals surface area contributed by atoms with Crippen LogP contribution >= 0.6 is 11.6 Å². The zero-order valence-corrected chi connectivity index (χ0v) is 10.2. The second kappa shape index (κ2) is 5.38. The van der Waals surface area contributed by atoms with Crippen LogP contribution in [0.3, 0.4) is 0 Å². The predicted molar refractivity (Wildman–Crippen MR) is 67.3 cm³/mol. The van der Waals surface area contributed by atoms with Crippen LogP contribution in [0.2, 0.25) is 5.02 Å². The van der Waals surface area contributed by atoms with Crippen LogP contribution in [0.25, 0.3) is 0 Å². The van der Waals surface area contributed by atoms with Crippen LogP contribution in [-0.2, 0) is 0 Å². The van der Waals surface area contributed by atoms with E-state index in [-0.39, 0.29) is 6.03 Å². The largest absolute Gasteiger partial charge is 0.391 e. The molecule has 1 aromatic carbocycles. The number of urea groups is 1. The molecule has 2 N–H and O–H groups in total. The quantitative estimate of drug-likeness (QED) is 0.808. The summed E-state index contributed by atoms with van der Waals surface area (Å²) in [5, 5.41) is 12.9. The lowest BCUT2D eigenvalue weighted by molar-refractivity contribution is 0.0883. The maximum Gasteiger partial charge on any atom is 0.321 e. The topological polar surface area (TPSA) is 52.6 Å². The zero-order valence-electron chi connectivity index (χ0n) is 9.40. The number of aliphatic hydroxyl groups excluding tert-OH is 1. The Morgan fingerprint density at radius 2 is 2.12 bits per heavy atom. The summed E-state index contributed by atoms with van der Waals surface area (Å²) < 4.78 is 0. The first-order chi connectivity index (χ1) is 8.15. The second-order valence-corrected chi connectivity index (χ2v) is 4.62. The van der Waals surface area contributed by atoms with Crippen LogP contribution in [0.5, 0.6) is 0 Å². The third kappa shape index (κ3) is 3.35. The summed E-state index contributed by atoms with van der Waals surface area (Å²) >= 11 is 5.76. The molecule has 1 aliphatic rings. The van der Waals surface area contributed by atoms with E-state index < -0.39 is 6.10 Å². The first kappa shape index (κ1) is 12.2. The van der Waals surface area contributed by atoms with Gasteiger partial charge in [-0.25, -0.2) is 4.79 Å². The highest BCUT2D eigenvalue weighted by atomic mass is 35.5. The normalized spacial score (nSPS) is 20.1. The number of hydrogen-bond donors (Lipinski definition) is 2. The van der Waals surface area contributed by atoms with Crippen LogP contribution in [0, 0.1) is 0 Å². The molecule has 0 spiro atoms. The minimum Gasteiger partial charge on any atom is -0.391 e. The van der Waals surface area contributed by atoms with Gasteiger partial charge < -0.3 is 15.3 Å². The van der Waals surface area contributed by atoms with Crippen LogP contribution in [0.1, 0.15) is 12.8 Å². The second-order valence-electron chi connectivity index (χ2n) is 4.18. The summed E-state index contributed by atoms with van der Waals surface area (Å²) in [7, 11) is 0. The van der Waals surface area contributed by atoms with E-state index in [1.54, 1.807) is 29.2 Å². The molecule has 1 fully saturated rings. The van der Waals surface area contributed by atoms with Gasteiger partial charge in [-0.3, -0.25) is 0 Å². The highest BCUT2D eigenvalue weighted by Crippen LogP contribution is 2.15. The van der Waals surface area contributed by atoms with Gasteiger partial charge >= 0.3 is 6.03 Å². The monoisotopic (exact) mass is 254 g/mol. The van der Waals surface area contributed by atoms with Crippen molar-refractivity contribution in [1.29, 1.82) is 0 Å². The number of nitrogens with one attached hydrogen (secondary N) is 1. The SMILES string of the molecule is O=C(Nc1ccc(Cl)cc1)N1CCCC(O)C1. The number of rotatable bonds is 1. The molecular weight excluding hydrogens is 240 g/mol. The van der Waals surface area contributed by atoms with Crippen LogP contribution in [0.15, 0.2) is 24.3 Å². The molecule has 17 heavy (non-hydrogen) atoms. The fourth-order valence-corrected chi connectivity index (χ4v) is 2.00. The predicted octanol–water partition coefficient (Wildman–Crippen LogP) is 2.33. The summed E-state index contributed by atoms with van der Waals surface area (Å²) in [5.41, 5.74) is 0.708. The molecule has 0 radical (unpaired) electrons. The molecular formula is C12H15ClN2O2. The number of hydrogen-bond acceptors (Lipinski definition) is 2. The molecule has 1 unspecified atom stereocenters. The molecule has 1 heterocycles. The zero-order chi connectivity index (χ0) is 12.3. The van der Waals surface area contributed by atoms with E-state index in [0.717, 1.165) is 12.8 Å². The standard InChI is InChI=1S/C12H15ClN2O2/c13-9-3-5-10(6-4-9)14-12(17)15-7-1-2-11(16)8-15/h3-6,11,16H,1-2,7-8H2,(H,14,17). The summed E-state index contributed by atoms with van der Waals surface area (Å²) in [6.07, 6.45) is 1.21. The minimum absolute atomic E-state index is 0.175. The first-order valence-corrected chi connectivity index (χ1v) is 6.02. The van der Waals surface area contributed by atoms with Crippen molar-refractivity contribution in [2.75, 3.05) is 18.4 Å². The van der Waals surface area contributed by atoms with Gasteiger partial charge in [0.25, 0.3) is 0 Å². The van der Waals surface area contributed by atoms with Crippen molar-refractivity contribution in [2.24, 2.45) is 0 Å². The lowest BCUT2D eigenvalue weighted by atomic mass is 10.1. The van der Waals surface area contributed by atoms with E-state index in [0.29, 0.717) is 23.8 Å². The Labute approximate surface area is 105 Å². The molecule has 1 saturated heterocycles. The maximum absolute atomic E-state index is 11.9. The Morgan fingerprint density at radius 1 is 1.41 bits per heavy atom. The van der Waals surface area contributed by atoms with E-state index in [1.807, 2.05) is 0 Å². The molecule has 1 atom stereocenters. The van der Waals surface area contributed by atoms with E-state index in [9.17, 15) is 9.90 Å². The lowest BCUT2D eigenvalue weighted by Crippen LogP contribution is -2.44. The number of halogens is 1. The van der Waals surface area contributed by atoms with Gasteiger partial charge in [-0.2, -0.15) is 0 Å². The minimum atomic E-state index is -0.403. The van der Waals surface area contributed by atoms with Crippen molar-refractivity contribution in [3.05, 3.63) is 29.3 Å². The summed E-state index contributed by atoms with van der Waals surface area (Å²) in [6, 6.07) is 6.78. The number of carbonyl (C=O) groups excluding carboxylic acids is 1. The van der Waals surface area contributed by atoms with Gasteiger partial charge in [0.05, 0.1) is 6.10 Å². The number of benzene rings is 1. The Hall–Kier alpha value is -1.26. The van der Waals surface area contributed by atoms with E-state index >= 15 is 0 Å². The van der Waals surface area contributed by atoms with E-state index in [4.69, 9.17) is 11.6 Å². The summed E-state index contributed by atoms with van der Waals surface area (Å²) in [5.74, 6) is 0. The highest BCUT2D eigenvalue weighted by Gasteiger charge is 2.21. The summed E-state index contributed by atoms with van der Waals surface area (Å²) in [6.45, 7) is 1.09. The molecule has 2 rings (SSSR count). The molecule has 4 nitrogen and oxygen atoms in total. The number of anilines is 1. The average Bonchev–Trinajstić information content (AvgIpc) is 2.32. The van der Waals surface area contributed by atoms with Crippen molar-refractivity contribution >= 4 is 23.3 Å². The smallest absolute Gasteiger partial charge is 0.321 e. The van der Waals surface area contributed by atoms with Crippen molar-refractivity contribution < 1.29 is 9.90 Å². The Bertz CT molecular complexity index is 394. The van der Waals surface area contributed by atoms with Gasteiger partial charge in [0.15, 0.2) is 0 Å². The molecule has 1 aromatic rings. The van der Waals surface area contributed by atoms with Crippen LogP contribution in [0.4, 0.5) is 10.5 Å². The number of aliphatic hydroxyl groups is 1. The Kier molecular flexibility index (Phi) is 3.86. The van der Waals surface area contributed by atoms with Gasteiger partial charge in [0.2, 0.25) is 0 Å². The van der Waals surface area contributed by atoms with Gasteiger partial charge in [-0.15, -0.1) is 0 Å². The van der Waals surface area contributed by atoms with Crippen LogP contribution < -0.4 is 5.32 Å². The number of nitrogens with zero attached hydrogens (tertiary/aromatic N) is 1. The van der Waals surface area contributed by atoms with E-state index in [2.05, 4.69) is 5.32 Å². The lowest BCUT2D eigenvalue weighted by Gasteiger charge is -2.30. The third-order valence-corrected chi connectivity index (χ3v) is 3.03. The highest BCUT2D eigenvalue weighted by molar-refractivity contribution is 6.30. The fraction of sp³-hybridized carbons (Fsp3) is 0.417. The number of piperidine rings is 1. The molecule has 0 bridgehead atoms. The van der Waals surface area contributed by atoms with Gasteiger partial charge in [-0.05, 0) is 37.1 Å². The van der Waals surface area contributed by atoms with Gasteiger partial charge in [-0.1, -0.05) is 11.6 Å². The molecule has 1 aliphatic heterocycles. The number of carbonyl (C=O) groups is 1. The molecule has 0 aliphatic carbocycles. The van der Waals surface area contributed by atoms with E-state index in [1.165, 1.54) is 0 Å². The van der Waals surface area contributed by atoms with Crippen LogP contribution in [-0.4, -0.2) is 35.2 Å². The molecule has 2 amide bonds. The molecule has 0 aromatic heterocycles. The number of amides is 2.